The number of carbonyl (C=O) groups is 2. The molecule has 14 nitrogen and oxygen atoms in total. The second-order valence-corrected chi connectivity index (χ2v) is 18.4. The van der Waals surface area contributed by atoms with Gasteiger partial charge in [0.1, 0.15) is 14.1 Å². The third-order valence-corrected chi connectivity index (χ3v) is 12.1. The van der Waals surface area contributed by atoms with Crippen LogP contribution in [0.25, 0.3) is 21.8 Å². The number of aryl methyl sites for hydroxylation is 2. The number of hydrogen-bond donors (Lipinski definition) is 6. The van der Waals surface area contributed by atoms with Crippen molar-refractivity contribution in [3.63, 3.8) is 0 Å². The van der Waals surface area contributed by atoms with Crippen molar-refractivity contribution in [2.45, 2.75) is 7.43 Å². The third-order valence-electron chi connectivity index (χ3n) is 11.8. The number of pyridine rings is 4. The molecular weight excluding hydrogens is 1040 g/mol. The topological polar surface area (TPSA) is 160 Å². The fraction of sp³-hybridized carbons (Fsp3) is 0.115. The molecule has 4 aromatic heterocycles. The molecule has 0 saturated carbocycles. The van der Waals surface area contributed by atoms with Gasteiger partial charge in [-0.2, -0.15) is 0 Å². The molecule has 7 N–H and O–H groups in total. The Bertz CT molecular complexity index is 3570. The van der Waals surface area contributed by atoms with Gasteiger partial charge in [0.05, 0.1) is 27.4 Å². The summed E-state index contributed by atoms with van der Waals surface area (Å²) in [6.07, 6.45) is 11.4. The Balaban J connectivity index is 0.000000235. The number of nitrogens with two attached hydrogens (primary N) is 1. The molecule has 10 aromatic rings. The van der Waals surface area contributed by atoms with Crippen LogP contribution in [0, 0.1) is 0 Å². The van der Waals surface area contributed by atoms with Crippen LogP contribution in [0.1, 0.15) is 28.1 Å². The number of hydrogen-bond acceptors (Lipinski definition) is 10. The number of rotatable bonds is 12. The third kappa shape index (κ3) is 16.5. The number of amides is 2. The van der Waals surface area contributed by atoms with Gasteiger partial charge in [0.2, 0.25) is 0 Å². The molecule has 17 heteroatoms. The zero-order valence-electron chi connectivity index (χ0n) is 43.3. The van der Waals surface area contributed by atoms with Crippen molar-refractivity contribution in [2.75, 3.05) is 70.3 Å². The maximum atomic E-state index is 12.9. The number of halogens is 3. The maximum absolute atomic E-state index is 12.9. The molecule has 0 saturated heterocycles. The molecule has 0 bridgehead atoms. The normalized spacial score (nSPS) is 10.1. The van der Waals surface area contributed by atoms with E-state index in [0.717, 1.165) is 83.7 Å². The first-order chi connectivity index (χ1) is 36.2. The Hall–Kier alpha value is -8.95. The van der Waals surface area contributed by atoms with Crippen LogP contribution >= 0.6 is 11.6 Å². The summed E-state index contributed by atoms with van der Waals surface area (Å²) in [6, 6.07) is 53.5. The summed E-state index contributed by atoms with van der Waals surface area (Å²) >= 11 is 6.04. The van der Waals surface area contributed by atoms with E-state index in [1.807, 2.05) is 202 Å². The number of carbonyl (C=O) groups excluding carboxylic acids is 2. The highest BCUT2D eigenvalue weighted by molar-refractivity contribution is 6.35. The smallest absolute Gasteiger partial charge is 0.255 e. The summed E-state index contributed by atoms with van der Waals surface area (Å²) in [4.78, 5) is 38.0. The summed E-state index contributed by atoms with van der Waals surface area (Å²) in [5.41, 5.74) is 18.6. The van der Waals surface area contributed by atoms with Gasteiger partial charge in [-0.1, -0.05) is 31.2 Å². The lowest BCUT2D eigenvalue weighted by Gasteiger charge is -2.15. The Labute approximate surface area is 473 Å². The van der Waals surface area contributed by atoms with E-state index in [-0.39, 0.29) is 44.1 Å². The number of nitrogen functional groups attached to an aromatic ring is 1. The highest BCUT2D eigenvalue weighted by atomic mass is 35.5. The first-order valence-corrected chi connectivity index (χ1v) is 24.4. The van der Waals surface area contributed by atoms with Crippen molar-refractivity contribution in [3.8, 4) is 0 Å². The van der Waals surface area contributed by atoms with Crippen molar-refractivity contribution in [1.29, 1.82) is 0 Å². The van der Waals surface area contributed by atoms with E-state index in [4.69, 9.17) is 17.3 Å². The molecule has 0 aliphatic carbocycles. The van der Waals surface area contributed by atoms with E-state index in [1.54, 1.807) is 42.7 Å². The molecule has 0 aliphatic heterocycles. The average Bonchev–Trinajstić information content (AvgIpc) is 3.41. The van der Waals surface area contributed by atoms with Gasteiger partial charge in [0.25, 0.3) is 11.8 Å². The number of anilines is 11. The van der Waals surface area contributed by atoms with E-state index >= 15 is 0 Å². The fourth-order valence-electron chi connectivity index (χ4n) is 7.66. The van der Waals surface area contributed by atoms with Gasteiger partial charge in [-0.15, -0.1) is 0 Å². The number of aromatic nitrogens is 4. The molecule has 6 aromatic carbocycles. The quantitative estimate of drug-likeness (QED) is 0.0586. The minimum atomic E-state index is -0.168. The number of benzene rings is 6. The average molecular weight is 1100 g/mol. The summed E-state index contributed by atoms with van der Waals surface area (Å²) < 4.78 is 3.94. The van der Waals surface area contributed by atoms with Gasteiger partial charge in [0, 0.05) is 138 Å². The summed E-state index contributed by atoms with van der Waals surface area (Å²) in [5.74, 6) is -0.333. The monoisotopic (exact) mass is 1100 g/mol. The van der Waals surface area contributed by atoms with Gasteiger partial charge < -0.3 is 66.9 Å². The van der Waals surface area contributed by atoms with Crippen molar-refractivity contribution >= 4 is 108 Å². The van der Waals surface area contributed by atoms with Gasteiger partial charge >= 0.3 is 0 Å². The van der Waals surface area contributed by atoms with Crippen molar-refractivity contribution in [2.24, 2.45) is 14.1 Å². The molecule has 0 unspecified atom stereocenters. The lowest BCUT2D eigenvalue weighted by atomic mass is 10.1. The van der Waals surface area contributed by atoms with Gasteiger partial charge in [-0.05, 0) is 133 Å². The van der Waals surface area contributed by atoms with E-state index in [9.17, 15) is 9.59 Å². The van der Waals surface area contributed by atoms with E-state index < -0.39 is 0 Å². The zero-order valence-corrected chi connectivity index (χ0v) is 45.6. The lowest BCUT2D eigenvalue weighted by Crippen LogP contribution is -3.00. The molecule has 10 rings (SSSR count). The Morgan fingerprint density at radius 1 is 0.474 bits per heavy atom. The molecule has 0 fully saturated rings. The Kier molecular flexibility index (Phi) is 21.7. The summed E-state index contributed by atoms with van der Waals surface area (Å²) in [7, 11) is 12.0. The minimum absolute atomic E-state index is 0. The predicted molar refractivity (Wildman–Crippen MR) is 315 cm³/mol. The van der Waals surface area contributed by atoms with Crippen molar-refractivity contribution in [1.82, 2.24) is 9.97 Å². The van der Waals surface area contributed by atoms with Crippen LogP contribution in [0.5, 0.6) is 0 Å². The maximum Gasteiger partial charge on any atom is 0.255 e. The Morgan fingerprint density at radius 2 is 0.885 bits per heavy atom. The molecule has 2 amide bonds. The van der Waals surface area contributed by atoms with Crippen LogP contribution < -0.4 is 76.1 Å². The molecule has 0 atom stereocenters. The minimum Gasteiger partial charge on any atom is -1.00 e. The van der Waals surface area contributed by atoms with E-state index in [0.29, 0.717) is 16.8 Å². The van der Waals surface area contributed by atoms with Crippen LogP contribution in [-0.2, 0) is 14.1 Å². The molecule has 78 heavy (non-hydrogen) atoms. The first kappa shape index (κ1) is 59.9. The number of fused-ring (bicyclic) bond motifs is 2. The molecule has 0 radical (unpaired) electrons. The largest absolute Gasteiger partial charge is 1.00 e. The molecular formula is C61H63Cl3N12O2. The lowest BCUT2D eigenvalue weighted by molar-refractivity contribution is -0.671. The number of nitrogens with one attached hydrogen (secondary N) is 5. The second-order valence-electron chi connectivity index (χ2n) is 18.0. The highest BCUT2D eigenvalue weighted by Gasteiger charge is 2.11. The van der Waals surface area contributed by atoms with Crippen LogP contribution in [0.3, 0.4) is 0 Å². The fourth-order valence-corrected chi connectivity index (χ4v) is 7.87. The van der Waals surface area contributed by atoms with E-state index in [2.05, 4.69) is 59.7 Å². The van der Waals surface area contributed by atoms with Gasteiger partial charge in [-0.25, -0.2) is 9.13 Å². The van der Waals surface area contributed by atoms with Crippen molar-refractivity contribution < 1.29 is 43.5 Å². The van der Waals surface area contributed by atoms with E-state index in [1.165, 1.54) is 0 Å². The van der Waals surface area contributed by atoms with Crippen LogP contribution in [0.15, 0.2) is 207 Å². The predicted octanol–water partition coefficient (Wildman–Crippen LogP) is 6.55. The zero-order chi connectivity index (χ0) is 52.8. The van der Waals surface area contributed by atoms with Crippen molar-refractivity contribution in [3.05, 3.63) is 223 Å². The highest BCUT2D eigenvalue weighted by Crippen LogP contribution is 2.29. The molecule has 0 spiro atoms. The standard InChI is InChI=1S/C30H28N6O.C19H18N4O.C11H11ClN2.CH4.2ClH/c1-35(2)26-11-12-27-28(13-16-31-29(27)20-26)33-22-9-7-21(8-10-22)30(37)34-25-6-4-5-24(19-25)32-23-14-17-36(3)18-15-23;1-23-11-9-16(10-12-23)21-17-3-2-4-18(13-17)22-19(24)14-5-7-15(20)8-6-14;1-14(2)8-3-4-9-10(12)5-6-13-11(9)7-8;;;/h4-20H,1-3H3,(H2,31,33,34,37);2-13H,1H3,(H3,20,22,24);3-7H,1-2H3;1H4;2*1H. The van der Waals surface area contributed by atoms with Crippen LogP contribution in [0.4, 0.5) is 62.6 Å². The number of nitrogens with zero attached hydrogens (tertiary/aromatic N) is 6. The SMILES string of the molecule is C.CN(C)c1ccc2c(Cl)ccnc2c1.CN(C)c1ccc2c(Nc3ccc(C(=O)Nc4cccc(Nc5cc[n+](C)cc5)c4)cc3)ccnc2c1.C[n+]1ccc(Nc2cccc(NC(=O)c3ccc(N)cc3)c2)cc1.[Cl-].[Cl-]. The second kappa shape index (κ2) is 28.3. The Morgan fingerprint density at radius 3 is 1.36 bits per heavy atom. The molecule has 4 heterocycles. The first-order valence-electron chi connectivity index (χ1n) is 24.0. The van der Waals surface area contributed by atoms with Gasteiger partial charge in [-0.3, -0.25) is 19.6 Å². The summed E-state index contributed by atoms with van der Waals surface area (Å²) in [6.45, 7) is 0. The van der Waals surface area contributed by atoms with Crippen LogP contribution in [0.2, 0.25) is 5.02 Å². The summed E-state index contributed by atoms with van der Waals surface area (Å²) in [5, 5.41) is 18.8. The van der Waals surface area contributed by atoms with Crippen LogP contribution in [-0.4, -0.2) is 50.0 Å². The molecule has 400 valence electrons. The van der Waals surface area contributed by atoms with Gasteiger partial charge in [0.15, 0.2) is 24.8 Å². The molecule has 0 aliphatic rings.